The SMILES string of the molecule is CCS[C@@H]1CCCCN(Cn2ccc(=O)c3cccc(Br)c32)C1. The summed E-state index contributed by atoms with van der Waals surface area (Å²) in [5, 5.41) is 1.52. The van der Waals surface area contributed by atoms with Gasteiger partial charge in [0.25, 0.3) is 0 Å². The zero-order chi connectivity index (χ0) is 16.2. The van der Waals surface area contributed by atoms with Crippen molar-refractivity contribution in [3.8, 4) is 0 Å². The van der Waals surface area contributed by atoms with Gasteiger partial charge in [0.05, 0.1) is 12.2 Å². The molecule has 1 aliphatic rings. The van der Waals surface area contributed by atoms with Gasteiger partial charge in [0, 0.05) is 33.9 Å². The minimum absolute atomic E-state index is 0.0906. The maximum atomic E-state index is 12.1. The van der Waals surface area contributed by atoms with Crippen LogP contribution in [0.3, 0.4) is 0 Å². The first kappa shape index (κ1) is 17.1. The van der Waals surface area contributed by atoms with E-state index in [1.807, 2.05) is 24.4 Å². The molecule has 2 heterocycles. The Kier molecular flexibility index (Phi) is 5.83. The minimum atomic E-state index is 0.0906. The number of rotatable bonds is 4. The highest BCUT2D eigenvalue weighted by Gasteiger charge is 2.18. The van der Waals surface area contributed by atoms with Gasteiger partial charge in [0.2, 0.25) is 0 Å². The van der Waals surface area contributed by atoms with E-state index < -0.39 is 0 Å². The van der Waals surface area contributed by atoms with E-state index >= 15 is 0 Å². The van der Waals surface area contributed by atoms with Gasteiger partial charge in [-0.15, -0.1) is 0 Å². The molecule has 124 valence electrons. The second kappa shape index (κ2) is 7.86. The maximum absolute atomic E-state index is 12.1. The summed E-state index contributed by atoms with van der Waals surface area (Å²) in [5.74, 6) is 1.19. The molecule has 0 aliphatic carbocycles. The monoisotopic (exact) mass is 394 g/mol. The standard InChI is InChI=1S/C18H23BrN2OS/c1-2-23-14-6-3-4-10-20(12-14)13-21-11-9-17(22)15-7-5-8-16(19)18(15)21/h5,7-9,11,14H,2-4,6,10,12-13H2,1H3/t14-/m1/s1. The average molecular weight is 395 g/mol. The molecule has 0 N–H and O–H groups in total. The van der Waals surface area contributed by atoms with Gasteiger partial charge >= 0.3 is 0 Å². The summed E-state index contributed by atoms with van der Waals surface area (Å²) in [7, 11) is 0. The van der Waals surface area contributed by atoms with Crippen molar-refractivity contribution in [2.75, 3.05) is 18.8 Å². The zero-order valence-electron chi connectivity index (χ0n) is 13.5. The predicted molar refractivity (Wildman–Crippen MR) is 103 cm³/mol. The summed E-state index contributed by atoms with van der Waals surface area (Å²) >= 11 is 5.70. The quantitative estimate of drug-likeness (QED) is 0.771. The van der Waals surface area contributed by atoms with Crippen molar-refractivity contribution in [1.29, 1.82) is 0 Å². The Balaban J connectivity index is 1.89. The van der Waals surface area contributed by atoms with Crippen LogP contribution in [0.5, 0.6) is 0 Å². The number of fused-ring (bicyclic) bond motifs is 1. The van der Waals surface area contributed by atoms with E-state index in [-0.39, 0.29) is 5.43 Å². The molecule has 1 aromatic heterocycles. The number of benzene rings is 1. The van der Waals surface area contributed by atoms with Crippen molar-refractivity contribution in [3.63, 3.8) is 0 Å². The Hall–Kier alpha value is -0.780. The van der Waals surface area contributed by atoms with E-state index in [0.29, 0.717) is 0 Å². The lowest BCUT2D eigenvalue weighted by Crippen LogP contribution is -2.32. The first-order chi connectivity index (χ1) is 11.2. The highest BCUT2D eigenvalue weighted by molar-refractivity contribution is 9.10. The number of para-hydroxylation sites is 1. The van der Waals surface area contributed by atoms with Crippen LogP contribution < -0.4 is 5.43 Å². The lowest BCUT2D eigenvalue weighted by Gasteiger charge is -2.26. The summed E-state index contributed by atoms with van der Waals surface area (Å²) in [5.41, 5.74) is 1.09. The van der Waals surface area contributed by atoms with Crippen LogP contribution in [-0.4, -0.2) is 33.6 Å². The Morgan fingerprint density at radius 2 is 2.17 bits per heavy atom. The topological polar surface area (TPSA) is 25.2 Å². The Morgan fingerprint density at radius 1 is 1.30 bits per heavy atom. The summed E-state index contributed by atoms with van der Waals surface area (Å²) in [6.07, 6.45) is 5.84. The minimum Gasteiger partial charge on any atom is -0.333 e. The zero-order valence-corrected chi connectivity index (χ0v) is 15.9. The molecule has 0 amide bonds. The molecule has 23 heavy (non-hydrogen) atoms. The molecule has 1 aliphatic heterocycles. The van der Waals surface area contributed by atoms with E-state index in [0.717, 1.165) is 40.4 Å². The van der Waals surface area contributed by atoms with E-state index in [2.05, 4.69) is 44.1 Å². The smallest absolute Gasteiger partial charge is 0.189 e. The van der Waals surface area contributed by atoms with Crippen molar-refractivity contribution in [2.24, 2.45) is 0 Å². The van der Waals surface area contributed by atoms with Gasteiger partial charge in [-0.2, -0.15) is 11.8 Å². The van der Waals surface area contributed by atoms with Crippen molar-refractivity contribution in [3.05, 3.63) is 45.2 Å². The van der Waals surface area contributed by atoms with Crippen molar-refractivity contribution >= 4 is 38.6 Å². The molecule has 0 spiro atoms. The highest BCUT2D eigenvalue weighted by Crippen LogP contribution is 2.25. The summed E-state index contributed by atoms with van der Waals surface area (Å²) in [6.45, 7) is 5.36. The number of pyridine rings is 1. The fourth-order valence-electron chi connectivity index (χ4n) is 3.34. The lowest BCUT2D eigenvalue weighted by atomic mass is 10.2. The molecular weight excluding hydrogens is 372 g/mol. The third-order valence-corrected chi connectivity index (χ3v) is 6.24. The van der Waals surface area contributed by atoms with Crippen LogP contribution in [0.25, 0.3) is 10.9 Å². The molecule has 1 atom stereocenters. The van der Waals surface area contributed by atoms with Gasteiger partial charge in [0.1, 0.15) is 0 Å². The van der Waals surface area contributed by atoms with Crippen LogP contribution in [-0.2, 0) is 6.67 Å². The van der Waals surface area contributed by atoms with Gasteiger partial charge in [-0.05, 0) is 53.2 Å². The van der Waals surface area contributed by atoms with E-state index in [9.17, 15) is 4.79 Å². The van der Waals surface area contributed by atoms with Crippen LogP contribution >= 0.6 is 27.7 Å². The van der Waals surface area contributed by atoms with Gasteiger partial charge in [-0.1, -0.05) is 19.4 Å². The molecular formula is C18H23BrN2OS. The van der Waals surface area contributed by atoms with E-state index in [4.69, 9.17) is 0 Å². The highest BCUT2D eigenvalue weighted by atomic mass is 79.9. The molecule has 0 radical (unpaired) electrons. The summed E-state index contributed by atoms with van der Waals surface area (Å²) in [6, 6.07) is 7.54. The van der Waals surface area contributed by atoms with Crippen LogP contribution in [0.1, 0.15) is 26.2 Å². The van der Waals surface area contributed by atoms with Gasteiger partial charge in [0.15, 0.2) is 5.43 Å². The first-order valence-corrected chi connectivity index (χ1v) is 10.1. The Morgan fingerprint density at radius 3 is 3.00 bits per heavy atom. The third-order valence-electron chi connectivity index (χ3n) is 4.41. The maximum Gasteiger partial charge on any atom is 0.189 e. The summed E-state index contributed by atoms with van der Waals surface area (Å²) < 4.78 is 3.20. The molecule has 0 unspecified atom stereocenters. The number of thioether (sulfide) groups is 1. The fraction of sp³-hybridized carbons (Fsp3) is 0.500. The predicted octanol–water partition coefficient (Wildman–Crippen LogP) is 4.33. The number of aromatic nitrogens is 1. The van der Waals surface area contributed by atoms with Crippen molar-refractivity contribution < 1.29 is 0 Å². The molecule has 5 heteroatoms. The van der Waals surface area contributed by atoms with E-state index in [1.165, 1.54) is 25.0 Å². The first-order valence-electron chi connectivity index (χ1n) is 8.30. The Labute approximate surface area is 150 Å². The normalized spacial score (nSPS) is 19.8. The van der Waals surface area contributed by atoms with Gasteiger partial charge < -0.3 is 4.57 Å². The number of halogens is 1. The molecule has 0 bridgehead atoms. The number of likely N-dealkylation sites (tertiary alicyclic amines) is 1. The van der Waals surface area contributed by atoms with Crippen LogP contribution in [0.2, 0.25) is 0 Å². The molecule has 3 nitrogen and oxygen atoms in total. The van der Waals surface area contributed by atoms with Gasteiger partial charge in [-0.3, -0.25) is 9.69 Å². The van der Waals surface area contributed by atoms with Crippen LogP contribution in [0.15, 0.2) is 39.7 Å². The van der Waals surface area contributed by atoms with Crippen molar-refractivity contribution in [1.82, 2.24) is 9.47 Å². The largest absolute Gasteiger partial charge is 0.333 e. The molecule has 2 aromatic rings. The molecule has 0 saturated carbocycles. The second-order valence-corrected chi connectivity index (χ2v) is 8.51. The second-order valence-electron chi connectivity index (χ2n) is 6.08. The molecule has 1 fully saturated rings. The Bertz CT molecular complexity index is 731. The van der Waals surface area contributed by atoms with Crippen LogP contribution in [0, 0.1) is 0 Å². The number of hydrogen-bond donors (Lipinski definition) is 0. The summed E-state index contributed by atoms with van der Waals surface area (Å²) in [4.78, 5) is 14.6. The molecule has 3 rings (SSSR count). The number of nitrogens with zero attached hydrogens (tertiary/aromatic N) is 2. The van der Waals surface area contributed by atoms with Gasteiger partial charge in [-0.25, -0.2) is 0 Å². The lowest BCUT2D eigenvalue weighted by molar-refractivity contribution is 0.232. The third kappa shape index (κ3) is 4.01. The molecule has 1 aromatic carbocycles. The fourth-order valence-corrected chi connectivity index (χ4v) is 5.05. The van der Waals surface area contributed by atoms with Crippen LogP contribution in [0.4, 0.5) is 0 Å². The molecule has 1 saturated heterocycles. The van der Waals surface area contributed by atoms with E-state index in [1.54, 1.807) is 6.07 Å². The van der Waals surface area contributed by atoms with Crippen molar-refractivity contribution in [2.45, 2.75) is 38.1 Å². The average Bonchev–Trinajstić information content (AvgIpc) is 2.76. The number of hydrogen-bond acceptors (Lipinski definition) is 3.